The molecule has 21 heavy (non-hydrogen) atoms. The Morgan fingerprint density at radius 1 is 1.24 bits per heavy atom. The molecule has 6 nitrogen and oxygen atoms in total. The number of carbonyl (C=O) groups excluding carboxylic acids is 2. The van der Waals surface area contributed by atoms with Crippen LogP contribution in [-0.4, -0.2) is 36.0 Å². The van der Waals surface area contributed by atoms with E-state index in [1.165, 1.54) is 19.1 Å². The summed E-state index contributed by atoms with van der Waals surface area (Å²) in [6, 6.07) is 4.56. The molecule has 0 saturated heterocycles. The number of carbonyl (C=O) groups is 3. The maximum Gasteiger partial charge on any atom is 0.328 e. The standard InChI is InChI=1S/C14H15ClN2O4/c1-9(18)16-6-7-17-14(21)11-3-2-10(12(15)8-11)4-5-13(19)20/h2-5,8H,6-7H2,1H3,(H,16,18)(H,17,21)(H,19,20)/b5-4+. The highest BCUT2D eigenvalue weighted by molar-refractivity contribution is 6.32. The highest BCUT2D eigenvalue weighted by atomic mass is 35.5. The molecule has 0 fully saturated rings. The van der Waals surface area contributed by atoms with Crippen LogP contribution in [0.3, 0.4) is 0 Å². The molecule has 0 spiro atoms. The molecule has 0 bridgehead atoms. The Morgan fingerprint density at radius 2 is 1.90 bits per heavy atom. The van der Waals surface area contributed by atoms with E-state index in [0.717, 1.165) is 6.08 Å². The second-order valence-corrected chi connectivity index (χ2v) is 4.55. The minimum Gasteiger partial charge on any atom is -0.478 e. The zero-order valence-electron chi connectivity index (χ0n) is 11.4. The Morgan fingerprint density at radius 3 is 2.48 bits per heavy atom. The molecule has 0 unspecified atom stereocenters. The predicted molar refractivity (Wildman–Crippen MR) is 79.1 cm³/mol. The molecule has 2 amide bonds. The van der Waals surface area contributed by atoms with Crippen molar-refractivity contribution in [1.29, 1.82) is 0 Å². The summed E-state index contributed by atoms with van der Waals surface area (Å²) < 4.78 is 0. The van der Waals surface area contributed by atoms with Gasteiger partial charge in [-0.3, -0.25) is 9.59 Å². The highest BCUT2D eigenvalue weighted by Crippen LogP contribution is 2.19. The number of nitrogens with one attached hydrogen (secondary N) is 2. The molecule has 0 aliphatic rings. The molecule has 7 heteroatoms. The van der Waals surface area contributed by atoms with Gasteiger partial charge in [-0.05, 0) is 23.8 Å². The van der Waals surface area contributed by atoms with Gasteiger partial charge in [-0.1, -0.05) is 17.7 Å². The van der Waals surface area contributed by atoms with Crippen LogP contribution < -0.4 is 10.6 Å². The molecule has 0 heterocycles. The van der Waals surface area contributed by atoms with Crippen LogP contribution in [0.4, 0.5) is 0 Å². The van der Waals surface area contributed by atoms with Crippen molar-refractivity contribution < 1.29 is 19.5 Å². The molecule has 0 aliphatic heterocycles. The summed E-state index contributed by atoms with van der Waals surface area (Å²) in [5.74, 6) is -1.57. The van der Waals surface area contributed by atoms with Crippen molar-refractivity contribution in [3.05, 3.63) is 40.4 Å². The maximum atomic E-state index is 11.8. The summed E-state index contributed by atoms with van der Waals surface area (Å²) >= 11 is 5.98. The van der Waals surface area contributed by atoms with Crippen LogP contribution in [0, 0.1) is 0 Å². The van der Waals surface area contributed by atoms with E-state index in [9.17, 15) is 14.4 Å². The topological polar surface area (TPSA) is 95.5 Å². The third kappa shape index (κ3) is 6.09. The van der Waals surface area contributed by atoms with E-state index in [1.807, 2.05) is 0 Å². The summed E-state index contributed by atoms with van der Waals surface area (Å²) in [7, 11) is 0. The third-order valence-electron chi connectivity index (χ3n) is 2.45. The van der Waals surface area contributed by atoms with Crippen molar-refractivity contribution in [2.24, 2.45) is 0 Å². The number of carboxylic acid groups (broad SMARTS) is 1. The molecule has 0 aliphatic carbocycles. The summed E-state index contributed by atoms with van der Waals surface area (Å²) in [4.78, 5) is 32.9. The number of carboxylic acids is 1. The van der Waals surface area contributed by atoms with Crippen LogP contribution >= 0.6 is 11.6 Å². The lowest BCUT2D eigenvalue weighted by Gasteiger charge is -2.07. The SMILES string of the molecule is CC(=O)NCCNC(=O)c1ccc(/C=C/C(=O)O)c(Cl)c1. The Hall–Kier alpha value is -2.34. The van der Waals surface area contributed by atoms with Gasteiger partial charge in [-0.25, -0.2) is 4.79 Å². The lowest BCUT2D eigenvalue weighted by molar-refractivity contribution is -0.131. The van der Waals surface area contributed by atoms with Crippen LogP contribution in [0.25, 0.3) is 6.08 Å². The van der Waals surface area contributed by atoms with Crippen molar-refractivity contribution in [3.8, 4) is 0 Å². The van der Waals surface area contributed by atoms with E-state index < -0.39 is 5.97 Å². The third-order valence-corrected chi connectivity index (χ3v) is 2.78. The molecular weight excluding hydrogens is 296 g/mol. The average Bonchev–Trinajstić information content (AvgIpc) is 2.41. The van der Waals surface area contributed by atoms with Gasteiger partial charge >= 0.3 is 5.97 Å². The zero-order valence-corrected chi connectivity index (χ0v) is 12.1. The first-order valence-electron chi connectivity index (χ1n) is 6.13. The van der Waals surface area contributed by atoms with Crippen LogP contribution in [0.1, 0.15) is 22.8 Å². The Balaban J connectivity index is 2.63. The largest absolute Gasteiger partial charge is 0.478 e. The first-order chi connectivity index (χ1) is 9.90. The second-order valence-electron chi connectivity index (χ2n) is 4.15. The minimum absolute atomic E-state index is 0.165. The monoisotopic (exact) mass is 310 g/mol. The Bertz CT molecular complexity index is 584. The van der Waals surface area contributed by atoms with Gasteiger partial charge < -0.3 is 15.7 Å². The van der Waals surface area contributed by atoms with Crippen molar-refractivity contribution in [1.82, 2.24) is 10.6 Å². The van der Waals surface area contributed by atoms with Crippen molar-refractivity contribution in [2.75, 3.05) is 13.1 Å². The van der Waals surface area contributed by atoms with Gasteiger partial charge in [-0.15, -0.1) is 0 Å². The first-order valence-corrected chi connectivity index (χ1v) is 6.51. The van der Waals surface area contributed by atoms with Gasteiger partial charge in [0.05, 0.1) is 0 Å². The first kappa shape index (κ1) is 16.7. The number of rotatable bonds is 6. The van der Waals surface area contributed by atoms with E-state index in [4.69, 9.17) is 16.7 Å². The normalized spacial score (nSPS) is 10.4. The van der Waals surface area contributed by atoms with Gasteiger partial charge in [0.15, 0.2) is 0 Å². The van der Waals surface area contributed by atoms with Crippen molar-refractivity contribution in [3.63, 3.8) is 0 Å². The highest BCUT2D eigenvalue weighted by Gasteiger charge is 2.07. The van der Waals surface area contributed by atoms with Gasteiger partial charge in [0.1, 0.15) is 0 Å². The number of aliphatic carboxylic acids is 1. The molecule has 1 rings (SSSR count). The van der Waals surface area contributed by atoms with Gasteiger partial charge in [0.2, 0.25) is 5.91 Å². The summed E-state index contributed by atoms with van der Waals surface area (Å²) in [6.07, 6.45) is 2.32. The van der Waals surface area contributed by atoms with E-state index in [-0.39, 0.29) is 16.8 Å². The van der Waals surface area contributed by atoms with Crippen LogP contribution in [0.15, 0.2) is 24.3 Å². The van der Waals surface area contributed by atoms with Gasteiger partial charge in [-0.2, -0.15) is 0 Å². The molecule has 0 atom stereocenters. The number of hydrogen-bond acceptors (Lipinski definition) is 3. The lowest BCUT2D eigenvalue weighted by Crippen LogP contribution is -2.33. The fraction of sp³-hybridized carbons (Fsp3) is 0.214. The lowest BCUT2D eigenvalue weighted by atomic mass is 10.1. The number of hydrogen-bond donors (Lipinski definition) is 3. The Labute approximate surface area is 126 Å². The number of benzene rings is 1. The van der Waals surface area contributed by atoms with E-state index in [1.54, 1.807) is 12.1 Å². The fourth-order valence-electron chi connectivity index (χ4n) is 1.48. The second kappa shape index (κ2) is 8.06. The molecule has 3 N–H and O–H groups in total. The van der Waals surface area contributed by atoms with E-state index >= 15 is 0 Å². The van der Waals surface area contributed by atoms with Gasteiger partial charge in [0.25, 0.3) is 5.91 Å². The quantitative estimate of drug-likeness (QED) is 0.545. The molecule has 1 aromatic carbocycles. The predicted octanol–water partition coefficient (Wildman–Crippen LogP) is 1.30. The van der Waals surface area contributed by atoms with Crippen molar-refractivity contribution >= 4 is 35.5 Å². The Kier molecular flexibility index (Phi) is 6.42. The zero-order chi connectivity index (χ0) is 15.8. The van der Waals surface area contributed by atoms with Crippen LogP contribution in [0.2, 0.25) is 5.02 Å². The molecular formula is C14H15ClN2O4. The van der Waals surface area contributed by atoms with Gasteiger partial charge in [0, 0.05) is 36.7 Å². The van der Waals surface area contributed by atoms with Crippen LogP contribution in [0.5, 0.6) is 0 Å². The molecule has 0 radical (unpaired) electrons. The fourth-order valence-corrected chi connectivity index (χ4v) is 1.72. The van der Waals surface area contributed by atoms with E-state index in [2.05, 4.69) is 10.6 Å². The smallest absolute Gasteiger partial charge is 0.328 e. The molecule has 112 valence electrons. The summed E-state index contributed by atoms with van der Waals surface area (Å²) in [6.45, 7) is 2.04. The van der Waals surface area contributed by atoms with Crippen molar-refractivity contribution in [2.45, 2.75) is 6.92 Å². The average molecular weight is 311 g/mol. The molecule has 1 aromatic rings. The number of amides is 2. The van der Waals surface area contributed by atoms with E-state index in [0.29, 0.717) is 24.2 Å². The molecule has 0 aromatic heterocycles. The summed E-state index contributed by atoms with van der Waals surface area (Å²) in [5, 5.41) is 14.0. The van der Waals surface area contributed by atoms with Crippen LogP contribution in [-0.2, 0) is 9.59 Å². The minimum atomic E-state index is -1.08. The molecule has 0 saturated carbocycles. The maximum absolute atomic E-state index is 11.8. The number of halogens is 1. The summed E-state index contributed by atoms with van der Waals surface area (Å²) in [5.41, 5.74) is 0.865.